The first-order valence-electron chi connectivity index (χ1n) is 8.46. The molecule has 7 nitrogen and oxygen atoms in total. The van der Waals surface area contributed by atoms with Gasteiger partial charge < -0.3 is 9.15 Å². The minimum Gasteiger partial charge on any atom is -0.497 e. The lowest BCUT2D eigenvalue weighted by Gasteiger charge is -2.03. The number of fused-ring (bicyclic) bond motifs is 1. The number of anilines is 1. The summed E-state index contributed by atoms with van der Waals surface area (Å²) < 4.78 is 12.8. The van der Waals surface area contributed by atoms with E-state index in [9.17, 15) is 4.79 Å². The van der Waals surface area contributed by atoms with Gasteiger partial charge in [-0.05, 0) is 38.1 Å². The fourth-order valence-electron chi connectivity index (χ4n) is 2.84. The molecule has 1 N–H and O–H groups in total. The maximum absolute atomic E-state index is 12.5. The molecule has 0 aliphatic carbocycles. The lowest BCUT2D eigenvalue weighted by Crippen LogP contribution is -2.17. The number of aromatic nitrogens is 3. The molecule has 0 bridgehead atoms. The molecule has 8 heteroatoms. The van der Waals surface area contributed by atoms with Gasteiger partial charge in [0.15, 0.2) is 10.9 Å². The Morgan fingerprint density at radius 3 is 2.96 bits per heavy atom. The van der Waals surface area contributed by atoms with Gasteiger partial charge in [0.25, 0.3) is 5.91 Å². The highest BCUT2D eigenvalue weighted by molar-refractivity contribution is 7.14. The summed E-state index contributed by atoms with van der Waals surface area (Å²) >= 11 is 1.35. The van der Waals surface area contributed by atoms with Crippen molar-refractivity contribution in [3.8, 4) is 17.2 Å². The van der Waals surface area contributed by atoms with Crippen molar-refractivity contribution in [1.29, 1.82) is 0 Å². The van der Waals surface area contributed by atoms with E-state index >= 15 is 0 Å². The van der Waals surface area contributed by atoms with Crippen LogP contribution in [0.1, 0.15) is 23.1 Å². The summed E-state index contributed by atoms with van der Waals surface area (Å²) in [6, 6.07) is 9.34. The number of nitrogens with one attached hydrogen (secondary N) is 1. The third-order valence-electron chi connectivity index (χ3n) is 4.14. The number of hydrogen-bond acceptors (Lipinski definition) is 6. The molecule has 0 unspecified atom stereocenters. The van der Waals surface area contributed by atoms with Gasteiger partial charge in [-0.1, -0.05) is 0 Å². The predicted octanol–water partition coefficient (Wildman–Crippen LogP) is 4.34. The van der Waals surface area contributed by atoms with Crippen LogP contribution in [0.5, 0.6) is 5.75 Å². The van der Waals surface area contributed by atoms with Gasteiger partial charge >= 0.3 is 0 Å². The van der Waals surface area contributed by atoms with E-state index in [-0.39, 0.29) is 5.91 Å². The second-order valence-electron chi connectivity index (χ2n) is 5.99. The van der Waals surface area contributed by atoms with Gasteiger partial charge in [-0.2, -0.15) is 5.10 Å². The molecule has 3 heterocycles. The molecule has 0 saturated carbocycles. The standard InChI is InChI=1S/C19H18N4O3S/c1-4-23-15(7-11(2)22-23)18(24)21-19-20-14(10-27-19)17-8-12-5-6-13(25-3)9-16(12)26-17/h5-10H,4H2,1-3H3,(H,20,21,24). The van der Waals surface area contributed by atoms with E-state index in [4.69, 9.17) is 9.15 Å². The molecular formula is C19H18N4O3S. The van der Waals surface area contributed by atoms with Crippen molar-refractivity contribution in [1.82, 2.24) is 14.8 Å². The molecule has 4 rings (SSSR count). The highest BCUT2D eigenvalue weighted by atomic mass is 32.1. The Morgan fingerprint density at radius 1 is 1.33 bits per heavy atom. The summed E-state index contributed by atoms with van der Waals surface area (Å²) in [5.41, 5.74) is 2.72. The first kappa shape index (κ1) is 17.3. The summed E-state index contributed by atoms with van der Waals surface area (Å²) in [6.07, 6.45) is 0. The minimum atomic E-state index is -0.229. The molecule has 0 radical (unpaired) electrons. The van der Waals surface area contributed by atoms with Crippen LogP contribution in [-0.2, 0) is 6.54 Å². The lowest BCUT2D eigenvalue weighted by molar-refractivity contribution is 0.101. The largest absolute Gasteiger partial charge is 0.497 e. The maximum atomic E-state index is 12.5. The van der Waals surface area contributed by atoms with Crippen LogP contribution < -0.4 is 10.1 Å². The molecule has 0 aliphatic rings. The quantitative estimate of drug-likeness (QED) is 0.555. The summed E-state index contributed by atoms with van der Waals surface area (Å²) in [7, 11) is 1.62. The molecule has 0 atom stereocenters. The summed E-state index contributed by atoms with van der Waals surface area (Å²) in [6.45, 7) is 4.43. The molecular weight excluding hydrogens is 364 g/mol. The molecule has 0 aliphatic heterocycles. The number of furan rings is 1. The fraction of sp³-hybridized carbons (Fsp3) is 0.211. The number of carbonyl (C=O) groups excluding carboxylic acids is 1. The number of rotatable bonds is 5. The predicted molar refractivity (Wildman–Crippen MR) is 104 cm³/mol. The Balaban J connectivity index is 1.57. The fourth-order valence-corrected chi connectivity index (χ4v) is 3.53. The lowest BCUT2D eigenvalue weighted by atomic mass is 10.2. The number of methoxy groups -OCH3 is 1. The molecule has 1 amide bonds. The zero-order chi connectivity index (χ0) is 19.0. The number of thiazole rings is 1. The van der Waals surface area contributed by atoms with Gasteiger partial charge in [0.1, 0.15) is 22.7 Å². The average Bonchev–Trinajstić information content (AvgIpc) is 3.38. The van der Waals surface area contributed by atoms with E-state index in [0.29, 0.717) is 28.8 Å². The third kappa shape index (κ3) is 3.31. The molecule has 3 aromatic heterocycles. The molecule has 138 valence electrons. The van der Waals surface area contributed by atoms with Crippen LogP contribution in [0.2, 0.25) is 0 Å². The Labute approximate surface area is 159 Å². The molecule has 0 saturated heterocycles. The smallest absolute Gasteiger partial charge is 0.275 e. The van der Waals surface area contributed by atoms with E-state index in [1.807, 2.05) is 43.5 Å². The van der Waals surface area contributed by atoms with Gasteiger partial charge in [0.05, 0.1) is 12.8 Å². The molecule has 0 fully saturated rings. The molecule has 27 heavy (non-hydrogen) atoms. The van der Waals surface area contributed by atoms with E-state index < -0.39 is 0 Å². The van der Waals surface area contributed by atoms with E-state index in [1.54, 1.807) is 17.9 Å². The highest BCUT2D eigenvalue weighted by Gasteiger charge is 2.16. The van der Waals surface area contributed by atoms with Gasteiger partial charge in [-0.15, -0.1) is 11.3 Å². The summed E-state index contributed by atoms with van der Waals surface area (Å²) in [4.78, 5) is 17.0. The Kier molecular flexibility index (Phi) is 4.41. The Hall–Kier alpha value is -3.13. The number of hydrogen-bond donors (Lipinski definition) is 1. The minimum absolute atomic E-state index is 0.229. The van der Waals surface area contributed by atoms with Crippen LogP contribution in [0, 0.1) is 6.92 Å². The topological polar surface area (TPSA) is 82.2 Å². The number of aryl methyl sites for hydroxylation is 2. The first-order chi connectivity index (χ1) is 13.1. The SMILES string of the molecule is CCn1nc(C)cc1C(=O)Nc1nc(-c2cc3ccc(OC)cc3o2)cs1. The van der Waals surface area contributed by atoms with E-state index in [0.717, 1.165) is 22.4 Å². The number of nitrogens with zero attached hydrogens (tertiary/aromatic N) is 3. The third-order valence-corrected chi connectivity index (χ3v) is 4.90. The van der Waals surface area contributed by atoms with Crippen molar-refractivity contribution in [3.05, 3.63) is 47.1 Å². The molecule has 1 aromatic carbocycles. The van der Waals surface area contributed by atoms with Crippen LogP contribution in [0.4, 0.5) is 5.13 Å². The van der Waals surface area contributed by atoms with Crippen molar-refractivity contribution < 1.29 is 13.9 Å². The zero-order valence-corrected chi connectivity index (χ0v) is 16.0. The van der Waals surface area contributed by atoms with Crippen molar-refractivity contribution in [3.63, 3.8) is 0 Å². The van der Waals surface area contributed by atoms with Crippen LogP contribution in [0.15, 0.2) is 40.1 Å². The zero-order valence-electron chi connectivity index (χ0n) is 15.1. The normalized spacial score (nSPS) is 11.1. The Morgan fingerprint density at radius 2 is 2.19 bits per heavy atom. The van der Waals surface area contributed by atoms with Crippen molar-refractivity contribution in [2.24, 2.45) is 0 Å². The summed E-state index contributed by atoms with van der Waals surface area (Å²) in [5.74, 6) is 1.15. The number of amides is 1. The Bertz CT molecular complexity index is 1130. The van der Waals surface area contributed by atoms with Gasteiger partial charge in [0, 0.05) is 23.4 Å². The van der Waals surface area contributed by atoms with Crippen molar-refractivity contribution >= 4 is 33.3 Å². The second kappa shape index (κ2) is 6.88. The van der Waals surface area contributed by atoms with Crippen molar-refractivity contribution in [2.75, 3.05) is 12.4 Å². The molecule has 4 aromatic rings. The number of benzene rings is 1. The van der Waals surface area contributed by atoms with Crippen LogP contribution in [0.25, 0.3) is 22.4 Å². The second-order valence-corrected chi connectivity index (χ2v) is 6.85. The van der Waals surface area contributed by atoms with Crippen LogP contribution in [0.3, 0.4) is 0 Å². The monoisotopic (exact) mass is 382 g/mol. The first-order valence-corrected chi connectivity index (χ1v) is 9.34. The van der Waals surface area contributed by atoms with Gasteiger partial charge in [-0.3, -0.25) is 14.8 Å². The average molecular weight is 382 g/mol. The van der Waals surface area contributed by atoms with E-state index in [2.05, 4.69) is 15.4 Å². The van der Waals surface area contributed by atoms with E-state index in [1.165, 1.54) is 11.3 Å². The number of ether oxygens (including phenoxy) is 1. The van der Waals surface area contributed by atoms with Crippen LogP contribution >= 0.6 is 11.3 Å². The van der Waals surface area contributed by atoms with Gasteiger partial charge in [-0.25, -0.2) is 4.98 Å². The van der Waals surface area contributed by atoms with Crippen LogP contribution in [-0.4, -0.2) is 27.8 Å². The number of carbonyl (C=O) groups is 1. The van der Waals surface area contributed by atoms with Gasteiger partial charge in [0.2, 0.25) is 0 Å². The maximum Gasteiger partial charge on any atom is 0.275 e. The highest BCUT2D eigenvalue weighted by Crippen LogP contribution is 2.32. The molecule has 0 spiro atoms. The summed E-state index contributed by atoms with van der Waals surface area (Å²) in [5, 5.41) is 10.5. The van der Waals surface area contributed by atoms with Crippen molar-refractivity contribution in [2.45, 2.75) is 20.4 Å².